The fourth-order valence-electron chi connectivity index (χ4n) is 1.47. The lowest BCUT2D eigenvalue weighted by Crippen LogP contribution is -2.30. The fourth-order valence-corrected chi connectivity index (χ4v) is 1.47. The summed E-state index contributed by atoms with van der Waals surface area (Å²) in [6, 6.07) is 4.37. The van der Waals surface area contributed by atoms with Crippen LogP contribution in [0.4, 0.5) is 5.82 Å². The zero-order valence-electron chi connectivity index (χ0n) is 10.2. The molecule has 0 amide bonds. The second-order valence-corrected chi connectivity index (χ2v) is 4.04. The van der Waals surface area contributed by atoms with Crippen LogP contribution >= 0.6 is 0 Å². The van der Waals surface area contributed by atoms with E-state index in [1.165, 1.54) is 5.56 Å². The molecule has 84 valence electrons. The van der Waals surface area contributed by atoms with Gasteiger partial charge in [-0.2, -0.15) is 0 Å². The second kappa shape index (κ2) is 5.12. The number of aromatic nitrogens is 1. The highest BCUT2D eigenvalue weighted by atomic mass is 16.5. The molecule has 15 heavy (non-hydrogen) atoms. The Balaban J connectivity index is 2.72. The minimum Gasteiger partial charge on any atom is -0.380 e. The summed E-state index contributed by atoms with van der Waals surface area (Å²) < 4.78 is 5.25. The van der Waals surface area contributed by atoms with Crippen LogP contribution in [0.3, 0.4) is 0 Å². The lowest BCUT2D eigenvalue weighted by molar-refractivity contribution is 0.106. The van der Waals surface area contributed by atoms with Gasteiger partial charge in [0.1, 0.15) is 5.82 Å². The molecule has 0 fully saturated rings. The number of aryl methyl sites for hydroxylation is 2. The van der Waals surface area contributed by atoms with Gasteiger partial charge in [0.05, 0.1) is 12.1 Å². The zero-order chi connectivity index (χ0) is 11.4. The first-order chi connectivity index (χ1) is 7.02. The maximum absolute atomic E-state index is 5.25. The van der Waals surface area contributed by atoms with Crippen molar-refractivity contribution in [1.29, 1.82) is 0 Å². The quantitative estimate of drug-likeness (QED) is 0.825. The van der Waals surface area contributed by atoms with Gasteiger partial charge in [-0.3, -0.25) is 0 Å². The third kappa shape index (κ3) is 3.51. The Morgan fingerprint density at radius 2 is 1.93 bits per heavy atom. The molecule has 1 aromatic heterocycles. The average molecular weight is 208 g/mol. The minimum atomic E-state index is 0.174. The van der Waals surface area contributed by atoms with Gasteiger partial charge in [0.25, 0.3) is 0 Å². The van der Waals surface area contributed by atoms with E-state index in [0.717, 1.165) is 11.5 Å². The lowest BCUT2D eigenvalue weighted by atomic mass is 10.2. The van der Waals surface area contributed by atoms with E-state index in [9.17, 15) is 0 Å². The Hall–Kier alpha value is -1.09. The highest BCUT2D eigenvalue weighted by Gasteiger charge is 2.11. The van der Waals surface area contributed by atoms with Crippen LogP contribution in [0, 0.1) is 13.8 Å². The van der Waals surface area contributed by atoms with Crippen molar-refractivity contribution in [3.05, 3.63) is 23.4 Å². The number of nitrogens with one attached hydrogen (secondary N) is 1. The number of nitrogens with zero attached hydrogens (tertiary/aromatic N) is 1. The summed E-state index contributed by atoms with van der Waals surface area (Å²) in [6.07, 6.45) is 0.174. The normalized spacial score (nSPS) is 14.7. The van der Waals surface area contributed by atoms with Gasteiger partial charge < -0.3 is 10.1 Å². The molecule has 2 unspecified atom stereocenters. The molecule has 0 aromatic carbocycles. The molecule has 1 aromatic rings. The molecule has 3 heteroatoms. The van der Waals surface area contributed by atoms with E-state index in [-0.39, 0.29) is 12.1 Å². The topological polar surface area (TPSA) is 34.1 Å². The molecule has 0 bridgehead atoms. The molecule has 0 aliphatic carbocycles. The van der Waals surface area contributed by atoms with Crippen molar-refractivity contribution in [2.24, 2.45) is 0 Å². The van der Waals surface area contributed by atoms with Gasteiger partial charge in [0.2, 0.25) is 0 Å². The largest absolute Gasteiger partial charge is 0.380 e. The zero-order valence-corrected chi connectivity index (χ0v) is 10.2. The minimum absolute atomic E-state index is 0.174. The van der Waals surface area contributed by atoms with Crippen LogP contribution in [0.15, 0.2) is 12.1 Å². The first-order valence-electron chi connectivity index (χ1n) is 5.27. The summed E-state index contributed by atoms with van der Waals surface area (Å²) in [6.45, 7) is 8.21. The Kier molecular flexibility index (Phi) is 4.09. The molecular formula is C12H20N2O. The van der Waals surface area contributed by atoms with Gasteiger partial charge in [-0.15, -0.1) is 0 Å². The van der Waals surface area contributed by atoms with Crippen LogP contribution in [0.25, 0.3) is 0 Å². The molecule has 0 aliphatic heterocycles. The van der Waals surface area contributed by atoms with Crippen molar-refractivity contribution >= 4 is 5.82 Å². The van der Waals surface area contributed by atoms with Crippen molar-refractivity contribution in [3.63, 3.8) is 0 Å². The first-order valence-corrected chi connectivity index (χ1v) is 5.27. The molecule has 2 atom stereocenters. The maximum atomic E-state index is 5.25. The standard InChI is InChI=1S/C12H20N2O/c1-8-6-9(2)13-12(7-8)14-10(3)11(4)15-5/h6-7,10-11H,1-5H3,(H,13,14). The van der Waals surface area contributed by atoms with Crippen molar-refractivity contribution < 1.29 is 4.74 Å². The van der Waals surface area contributed by atoms with E-state index in [0.29, 0.717) is 0 Å². The van der Waals surface area contributed by atoms with Gasteiger partial charge >= 0.3 is 0 Å². The maximum Gasteiger partial charge on any atom is 0.126 e. The van der Waals surface area contributed by atoms with Crippen LogP contribution in [0.2, 0.25) is 0 Å². The number of anilines is 1. The van der Waals surface area contributed by atoms with Gasteiger partial charge in [-0.05, 0) is 45.4 Å². The van der Waals surface area contributed by atoms with E-state index in [4.69, 9.17) is 4.74 Å². The Morgan fingerprint density at radius 3 is 2.47 bits per heavy atom. The highest BCUT2D eigenvalue weighted by Crippen LogP contribution is 2.11. The lowest BCUT2D eigenvalue weighted by Gasteiger charge is -2.20. The Morgan fingerprint density at radius 1 is 1.27 bits per heavy atom. The fraction of sp³-hybridized carbons (Fsp3) is 0.583. The number of hydrogen-bond donors (Lipinski definition) is 1. The van der Waals surface area contributed by atoms with Crippen molar-refractivity contribution in [2.75, 3.05) is 12.4 Å². The van der Waals surface area contributed by atoms with Crippen LogP contribution < -0.4 is 5.32 Å². The van der Waals surface area contributed by atoms with E-state index in [2.05, 4.69) is 30.2 Å². The molecule has 3 nitrogen and oxygen atoms in total. The summed E-state index contributed by atoms with van der Waals surface area (Å²) in [5, 5.41) is 3.34. The van der Waals surface area contributed by atoms with Gasteiger partial charge in [-0.25, -0.2) is 4.98 Å². The second-order valence-electron chi connectivity index (χ2n) is 4.04. The number of rotatable bonds is 4. The first kappa shape index (κ1) is 12.0. The molecule has 0 spiro atoms. The summed E-state index contributed by atoms with van der Waals surface area (Å²) in [5.41, 5.74) is 2.26. The van der Waals surface area contributed by atoms with E-state index in [1.54, 1.807) is 7.11 Å². The Bertz CT molecular complexity index is 305. The number of hydrogen-bond acceptors (Lipinski definition) is 3. The Labute approximate surface area is 91.9 Å². The van der Waals surface area contributed by atoms with Crippen LogP contribution in [-0.4, -0.2) is 24.2 Å². The summed E-state index contributed by atoms with van der Waals surface area (Å²) in [5.74, 6) is 0.920. The summed E-state index contributed by atoms with van der Waals surface area (Å²) in [7, 11) is 1.72. The van der Waals surface area contributed by atoms with Crippen molar-refractivity contribution in [3.8, 4) is 0 Å². The highest BCUT2D eigenvalue weighted by molar-refractivity contribution is 5.40. The molecule has 1 heterocycles. The molecule has 0 saturated carbocycles. The monoisotopic (exact) mass is 208 g/mol. The van der Waals surface area contributed by atoms with Gasteiger partial charge in [0, 0.05) is 12.8 Å². The van der Waals surface area contributed by atoms with Crippen molar-refractivity contribution in [2.45, 2.75) is 39.8 Å². The van der Waals surface area contributed by atoms with Crippen LogP contribution in [0.5, 0.6) is 0 Å². The predicted octanol–water partition coefficient (Wildman–Crippen LogP) is 2.53. The molecule has 0 radical (unpaired) electrons. The number of methoxy groups -OCH3 is 1. The SMILES string of the molecule is COC(C)C(C)Nc1cc(C)cc(C)n1. The van der Waals surface area contributed by atoms with Crippen LogP contribution in [-0.2, 0) is 4.74 Å². The average Bonchev–Trinajstić information content (AvgIpc) is 2.14. The number of pyridine rings is 1. The summed E-state index contributed by atoms with van der Waals surface area (Å²) >= 11 is 0. The predicted molar refractivity (Wildman–Crippen MR) is 63.3 cm³/mol. The number of ether oxygens (including phenoxy) is 1. The van der Waals surface area contributed by atoms with E-state index in [1.807, 2.05) is 19.9 Å². The molecule has 0 saturated heterocycles. The third-order valence-corrected chi connectivity index (χ3v) is 2.55. The molecular weight excluding hydrogens is 188 g/mol. The van der Waals surface area contributed by atoms with E-state index >= 15 is 0 Å². The molecule has 1 rings (SSSR count). The van der Waals surface area contributed by atoms with Gasteiger partial charge in [0.15, 0.2) is 0 Å². The third-order valence-electron chi connectivity index (χ3n) is 2.55. The van der Waals surface area contributed by atoms with Crippen molar-refractivity contribution in [1.82, 2.24) is 4.98 Å². The smallest absolute Gasteiger partial charge is 0.126 e. The van der Waals surface area contributed by atoms with Crippen LogP contribution in [0.1, 0.15) is 25.1 Å². The summed E-state index contributed by atoms with van der Waals surface area (Å²) in [4.78, 5) is 4.42. The molecule has 0 aliphatic rings. The molecule has 1 N–H and O–H groups in total. The van der Waals surface area contributed by atoms with Gasteiger partial charge in [-0.1, -0.05) is 0 Å². The van der Waals surface area contributed by atoms with E-state index < -0.39 is 0 Å².